The summed E-state index contributed by atoms with van der Waals surface area (Å²) >= 11 is 0. The normalized spacial score (nSPS) is 18.3. The Balaban J connectivity index is 1.56. The van der Waals surface area contributed by atoms with E-state index in [0.29, 0.717) is 19.0 Å². The largest absolute Gasteiger partial charge is 0.489 e. The summed E-state index contributed by atoms with van der Waals surface area (Å²) in [6, 6.07) is 17.6. The molecule has 1 N–H and O–H groups in total. The van der Waals surface area contributed by atoms with Crippen LogP contribution in [0.3, 0.4) is 0 Å². The zero-order valence-electron chi connectivity index (χ0n) is 15.3. The third-order valence-corrected chi connectivity index (χ3v) is 5.26. The summed E-state index contributed by atoms with van der Waals surface area (Å²) in [7, 11) is 0. The molecule has 6 heteroatoms. The molecule has 0 radical (unpaired) electrons. The van der Waals surface area contributed by atoms with Crippen molar-refractivity contribution in [2.24, 2.45) is 0 Å². The molecule has 2 aliphatic rings. The van der Waals surface area contributed by atoms with Crippen LogP contribution in [0, 0.1) is 0 Å². The van der Waals surface area contributed by atoms with E-state index in [2.05, 4.69) is 15.4 Å². The van der Waals surface area contributed by atoms with Crippen molar-refractivity contribution in [1.29, 1.82) is 0 Å². The number of para-hydroxylation sites is 1. The van der Waals surface area contributed by atoms with E-state index in [0.717, 1.165) is 41.0 Å². The number of carbonyl (C=O) groups is 1. The maximum Gasteiger partial charge on any atom is 0.226 e. The number of nitrogens with one attached hydrogen (secondary N) is 1. The molecule has 0 amide bonds. The van der Waals surface area contributed by atoms with Gasteiger partial charge in [-0.05, 0) is 24.5 Å². The molecule has 140 valence electrons. The van der Waals surface area contributed by atoms with Crippen LogP contribution >= 0.6 is 0 Å². The average Bonchev–Trinajstić information content (AvgIpc) is 3.20. The van der Waals surface area contributed by atoms with Crippen LogP contribution in [-0.2, 0) is 11.4 Å². The van der Waals surface area contributed by atoms with E-state index in [1.165, 1.54) is 6.33 Å². The fourth-order valence-corrected chi connectivity index (χ4v) is 3.96. The van der Waals surface area contributed by atoms with Gasteiger partial charge in [0.15, 0.2) is 5.78 Å². The minimum Gasteiger partial charge on any atom is -0.489 e. The number of anilines is 1. The van der Waals surface area contributed by atoms with Crippen LogP contribution in [0.15, 0.2) is 72.2 Å². The second-order valence-electron chi connectivity index (χ2n) is 7.04. The van der Waals surface area contributed by atoms with E-state index in [-0.39, 0.29) is 11.8 Å². The Morgan fingerprint density at radius 3 is 2.79 bits per heavy atom. The number of Topliss-reactive ketones (excluding diaryl/α,β-unsaturated/α-hetero) is 1. The maximum atomic E-state index is 12.8. The first-order valence-electron chi connectivity index (χ1n) is 9.49. The van der Waals surface area contributed by atoms with Crippen LogP contribution < -0.4 is 10.1 Å². The second kappa shape index (κ2) is 6.96. The fourth-order valence-electron chi connectivity index (χ4n) is 3.96. The van der Waals surface area contributed by atoms with Crippen LogP contribution in [0.2, 0.25) is 0 Å². The number of nitrogens with zero attached hydrogens (tertiary/aromatic N) is 3. The van der Waals surface area contributed by atoms with E-state index in [9.17, 15) is 4.79 Å². The quantitative estimate of drug-likeness (QED) is 0.753. The van der Waals surface area contributed by atoms with Gasteiger partial charge in [-0.2, -0.15) is 10.1 Å². The first kappa shape index (κ1) is 16.7. The first-order valence-corrected chi connectivity index (χ1v) is 9.49. The summed E-state index contributed by atoms with van der Waals surface area (Å²) in [6.45, 7) is 0.465. The van der Waals surface area contributed by atoms with Crippen molar-refractivity contribution < 1.29 is 9.53 Å². The van der Waals surface area contributed by atoms with Gasteiger partial charge in [0, 0.05) is 23.3 Å². The monoisotopic (exact) mass is 372 g/mol. The van der Waals surface area contributed by atoms with E-state index in [4.69, 9.17) is 4.74 Å². The second-order valence-corrected chi connectivity index (χ2v) is 7.04. The minimum absolute atomic E-state index is 0.165. The number of ether oxygens (including phenoxy) is 1. The van der Waals surface area contributed by atoms with Crippen molar-refractivity contribution in [3.8, 4) is 5.75 Å². The highest BCUT2D eigenvalue weighted by atomic mass is 16.5. The predicted molar refractivity (Wildman–Crippen MR) is 105 cm³/mol. The number of hydrogen-bond donors (Lipinski definition) is 1. The van der Waals surface area contributed by atoms with Crippen LogP contribution in [0.4, 0.5) is 5.95 Å². The third-order valence-electron chi connectivity index (χ3n) is 5.26. The van der Waals surface area contributed by atoms with Gasteiger partial charge in [0.25, 0.3) is 0 Å². The highest BCUT2D eigenvalue weighted by molar-refractivity contribution is 5.99. The molecule has 1 aliphatic heterocycles. The van der Waals surface area contributed by atoms with Crippen molar-refractivity contribution in [2.45, 2.75) is 31.9 Å². The van der Waals surface area contributed by atoms with Gasteiger partial charge in [-0.15, -0.1) is 0 Å². The lowest BCUT2D eigenvalue weighted by molar-refractivity contribution is -0.116. The van der Waals surface area contributed by atoms with Gasteiger partial charge >= 0.3 is 0 Å². The molecular formula is C22H20N4O2. The number of hydrogen-bond acceptors (Lipinski definition) is 5. The van der Waals surface area contributed by atoms with Gasteiger partial charge in [0.1, 0.15) is 24.7 Å². The summed E-state index contributed by atoms with van der Waals surface area (Å²) in [5.41, 5.74) is 3.76. The Morgan fingerprint density at radius 1 is 1.07 bits per heavy atom. The van der Waals surface area contributed by atoms with Crippen LogP contribution in [0.5, 0.6) is 5.75 Å². The van der Waals surface area contributed by atoms with Crippen molar-refractivity contribution in [3.05, 3.63) is 83.3 Å². The number of aromatic nitrogens is 3. The molecule has 5 rings (SSSR count). The Bertz CT molecular complexity index is 1060. The van der Waals surface area contributed by atoms with Crippen molar-refractivity contribution in [2.75, 3.05) is 5.32 Å². The molecule has 6 nitrogen and oxygen atoms in total. The molecule has 2 heterocycles. The molecule has 28 heavy (non-hydrogen) atoms. The molecule has 1 aromatic heterocycles. The topological polar surface area (TPSA) is 69.0 Å². The van der Waals surface area contributed by atoms with Gasteiger partial charge < -0.3 is 10.1 Å². The number of ketones is 1. The molecule has 0 spiro atoms. The molecule has 1 aliphatic carbocycles. The summed E-state index contributed by atoms with van der Waals surface area (Å²) in [5, 5.41) is 7.69. The molecule has 1 atom stereocenters. The SMILES string of the molecule is O=C1CCCC2=C1C(c1ccccc1OCc1ccccc1)n1ncnc1N2. The van der Waals surface area contributed by atoms with E-state index in [1.807, 2.05) is 54.6 Å². The van der Waals surface area contributed by atoms with Crippen LogP contribution in [0.25, 0.3) is 0 Å². The average molecular weight is 372 g/mol. The number of carbonyl (C=O) groups excluding carboxylic acids is 1. The summed E-state index contributed by atoms with van der Waals surface area (Å²) in [4.78, 5) is 17.2. The molecule has 3 aromatic rings. The first-order chi connectivity index (χ1) is 13.8. The highest BCUT2D eigenvalue weighted by Gasteiger charge is 2.37. The predicted octanol–water partition coefficient (Wildman–Crippen LogP) is 3.88. The Kier molecular flexibility index (Phi) is 4.16. The molecule has 0 saturated carbocycles. The van der Waals surface area contributed by atoms with Gasteiger partial charge in [-0.1, -0.05) is 48.5 Å². The third kappa shape index (κ3) is 2.87. The molecule has 2 aromatic carbocycles. The highest BCUT2D eigenvalue weighted by Crippen LogP contribution is 2.42. The maximum absolute atomic E-state index is 12.8. The Morgan fingerprint density at radius 2 is 1.89 bits per heavy atom. The molecule has 0 fully saturated rings. The molecular weight excluding hydrogens is 352 g/mol. The Labute approximate surface area is 162 Å². The number of fused-ring (bicyclic) bond motifs is 1. The summed E-state index contributed by atoms with van der Waals surface area (Å²) < 4.78 is 7.95. The van der Waals surface area contributed by atoms with Crippen LogP contribution in [-0.4, -0.2) is 20.5 Å². The number of allylic oxidation sites excluding steroid dienone is 2. The molecule has 1 unspecified atom stereocenters. The zero-order valence-corrected chi connectivity index (χ0v) is 15.3. The Hall–Kier alpha value is -3.41. The summed E-state index contributed by atoms with van der Waals surface area (Å²) in [5.74, 6) is 1.58. The summed E-state index contributed by atoms with van der Waals surface area (Å²) in [6.07, 6.45) is 3.79. The smallest absolute Gasteiger partial charge is 0.226 e. The van der Waals surface area contributed by atoms with Gasteiger partial charge in [0.2, 0.25) is 5.95 Å². The lowest BCUT2D eigenvalue weighted by Gasteiger charge is -2.32. The van der Waals surface area contributed by atoms with Gasteiger partial charge in [0.05, 0.1) is 0 Å². The van der Waals surface area contributed by atoms with Gasteiger partial charge in [-0.25, -0.2) is 4.68 Å². The van der Waals surface area contributed by atoms with Crippen LogP contribution in [0.1, 0.15) is 36.4 Å². The fraction of sp³-hybridized carbons (Fsp3) is 0.227. The number of rotatable bonds is 4. The van der Waals surface area contributed by atoms with Crippen molar-refractivity contribution >= 4 is 11.7 Å². The van der Waals surface area contributed by atoms with Gasteiger partial charge in [-0.3, -0.25) is 4.79 Å². The molecule has 0 saturated heterocycles. The van der Waals surface area contributed by atoms with E-state index < -0.39 is 0 Å². The lowest BCUT2D eigenvalue weighted by Crippen LogP contribution is -2.31. The van der Waals surface area contributed by atoms with E-state index >= 15 is 0 Å². The van der Waals surface area contributed by atoms with Crippen molar-refractivity contribution in [1.82, 2.24) is 14.8 Å². The van der Waals surface area contributed by atoms with Crippen molar-refractivity contribution in [3.63, 3.8) is 0 Å². The lowest BCUT2D eigenvalue weighted by atomic mass is 9.85. The standard InChI is InChI=1S/C22H20N4O2/c27-18-11-6-10-17-20(18)21(26-22(25-17)23-14-24-26)16-9-4-5-12-19(16)28-13-15-7-2-1-3-8-15/h1-5,7-9,12,14,21H,6,10-11,13H2,(H,23,24,25). The number of benzene rings is 2. The molecule has 0 bridgehead atoms. The zero-order chi connectivity index (χ0) is 18.9. The minimum atomic E-state index is -0.325. The van der Waals surface area contributed by atoms with E-state index in [1.54, 1.807) is 4.68 Å².